The number of hydrogen-bond donors (Lipinski definition) is 2. The summed E-state index contributed by atoms with van der Waals surface area (Å²) < 4.78 is 11.1. The van der Waals surface area contributed by atoms with Gasteiger partial charge in [0, 0.05) is 78.5 Å². The molecule has 3 heterocycles. The number of aromatic nitrogens is 2. The normalized spacial score (nSPS) is 20.4. The molecule has 164 valence electrons. The summed E-state index contributed by atoms with van der Waals surface area (Å²) in [7, 11) is 1.81. The maximum absolute atomic E-state index is 5.77. The number of guanidine groups is 1. The topological polar surface area (TPSA) is 87.1 Å². The van der Waals surface area contributed by atoms with Gasteiger partial charge in [0.2, 0.25) is 5.95 Å². The van der Waals surface area contributed by atoms with Crippen molar-refractivity contribution in [3.63, 3.8) is 0 Å². The number of rotatable bonds is 9. The van der Waals surface area contributed by atoms with E-state index in [9.17, 15) is 0 Å². The molecule has 0 spiro atoms. The number of aliphatic imine (C=N–C) groups is 1. The zero-order chi connectivity index (χ0) is 19.4. The summed E-state index contributed by atoms with van der Waals surface area (Å²) >= 11 is 0. The molecule has 2 fully saturated rings. The van der Waals surface area contributed by atoms with Crippen LogP contribution >= 0.6 is 24.0 Å². The van der Waals surface area contributed by atoms with Crippen LogP contribution in [-0.2, 0) is 9.47 Å². The quantitative estimate of drug-likeness (QED) is 0.212. The second-order valence-electron chi connectivity index (χ2n) is 7.01. The molecule has 1 unspecified atom stereocenters. The van der Waals surface area contributed by atoms with E-state index < -0.39 is 0 Å². The minimum Gasteiger partial charge on any atom is -0.379 e. The molecule has 2 aliphatic heterocycles. The van der Waals surface area contributed by atoms with Gasteiger partial charge in [0.15, 0.2) is 5.96 Å². The van der Waals surface area contributed by atoms with E-state index in [2.05, 4.69) is 35.4 Å². The molecule has 1 aromatic heterocycles. The first-order chi connectivity index (χ1) is 13.8. The number of halogens is 1. The van der Waals surface area contributed by atoms with E-state index in [1.807, 2.05) is 6.07 Å². The largest absolute Gasteiger partial charge is 0.379 e. The van der Waals surface area contributed by atoms with Gasteiger partial charge in [-0.3, -0.25) is 9.89 Å². The zero-order valence-corrected chi connectivity index (χ0v) is 19.6. The Morgan fingerprint density at radius 1 is 1.21 bits per heavy atom. The van der Waals surface area contributed by atoms with Crippen molar-refractivity contribution in [1.82, 2.24) is 25.5 Å². The molecule has 0 bridgehead atoms. The first-order valence-corrected chi connectivity index (χ1v) is 10.2. The Morgan fingerprint density at radius 3 is 2.66 bits per heavy atom. The highest BCUT2D eigenvalue weighted by Crippen LogP contribution is 2.09. The lowest BCUT2D eigenvalue weighted by atomic mass is 10.3. The Bertz CT molecular complexity index is 579. The van der Waals surface area contributed by atoms with Crippen LogP contribution in [0.3, 0.4) is 0 Å². The summed E-state index contributed by atoms with van der Waals surface area (Å²) in [5.41, 5.74) is 0. The molecule has 9 nitrogen and oxygen atoms in total. The summed E-state index contributed by atoms with van der Waals surface area (Å²) in [6.45, 7) is 9.01. The van der Waals surface area contributed by atoms with Crippen LogP contribution in [0.1, 0.15) is 12.8 Å². The molecular formula is C19H34IN7O2. The fraction of sp³-hybridized carbons (Fsp3) is 0.737. The molecule has 0 saturated carbocycles. The van der Waals surface area contributed by atoms with E-state index in [0.29, 0.717) is 0 Å². The van der Waals surface area contributed by atoms with Crippen LogP contribution in [0.15, 0.2) is 23.5 Å². The third-order valence-electron chi connectivity index (χ3n) is 5.01. The maximum atomic E-state index is 5.77. The summed E-state index contributed by atoms with van der Waals surface area (Å²) in [4.78, 5) is 17.6. The molecule has 1 atom stereocenters. The molecule has 0 amide bonds. The van der Waals surface area contributed by atoms with Crippen molar-refractivity contribution in [3.05, 3.63) is 18.5 Å². The van der Waals surface area contributed by atoms with Crippen LogP contribution in [0.4, 0.5) is 5.95 Å². The number of ether oxygens (including phenoxy) is 2. The molecule has 0 radical (unpaired) electrons. The summed E-state index contributed by atoms with van der Waals surface area (Å²) in [6.07, 6.45) is 5.86. The highest BCUT2D eigenvalue weighted by Gasteiger charge is 2.18. The molecule has 2 saturated heterocycles. The van der Waals surface area contributed by atoms with Gasteiger partial charge in [0.05, 0.1) is 12.7 Å². The number of piperazine rings is 1. The Hall–Kier alpha value is -1.24. The van der Waals surface area contributed by atoms with Gasteiger partial charge < -0.3 is 25.0 Å². The molecular weight excluding hydrogens is 485 g/mol. The lowest BCUT2D eigenvalue weighted by Crippen LogP contribution is -2.49. The monoisotopic (exact) mass is 519 g/mol. The van der Waals surface area contributed by atoms with Crippen molar-refractivity contribution in [2.45, 2.75) is 18.9 Å². The Balaban J connectivity index is 0.00000300. The van der Waals surface area contributed by atoms with E-state index in [1.54, 1.807) is 19.4 Å². The molecule has 3 rings (SSSR count). The van der Waals surface area contributed by atoms with Gasteiger partial charge in [-0.25, -0.2) is 9.97 Å². The third kappa shape index (κ3) is 8.57. The van der Waals surface area contributed by atoms with E-state index in [1.165, 1.54) is 0 Å². The standard InChI is InChI=1S/C19H33N7O2.HI/c1-20-18(21-7-3-14-28-17-4-15-27-16-17)22-8-9-25-10-12-26(13-11-25)19-23-5-2-6-24-19;/h2,5-6,17H,3-4,7-16H2,1H3,(H2,20,21,22);1H. The van der Waals surface area contributed by atoms with Crippen molar-refractivity contribution < 1.29 is 9.47 Å². The maximum Gasteiger partial charge on any atom is 0.225 e. The molecule has 1 aromatic rings. The van der Waals surface area contributed by atoms with E-state index in [0.717, 1.165) is 90.4 Å². The van der Waals surface area contributed by atoms with Gasteiger partial charge in [-0.05, 0) is 18.9 Å². The number of nitrogens with one attached hydrogen (secondary N) is 2. The number of nitrogens with zero attached hydrogens (tertiary/aromatic N) is 5. The summed E-state index contributed by atoms with van der Waals surface area (Å²) in [5, 5.41) is 6.74. The van der Waals surface area contributed by atoms with Gasteiger partial charge in [0.1, 0.15) is 0 Å². The van der Waals surface area contributed by atoms with Crippen molar-refractivity contribution in [2.24, 2.45) is 4.99 Å². The van der Waals surface area contributed by atoms with Crippen molar-refractivity contribution in [1.29, 1.82) is 0 Å². The van der Waals surface area contributed by atoms with Gasteiger partial charge in [0.25, 0.3) is 0 Å². The summed E-state index contributed by atoms with van der Waals surface area (Å²) in [5.74, 6) is 1.68. The van der Waals surface area contributed by atoms with Crippen LogP contribution in [-0.4, -0.2) is 99.6 Å². The molecule has 2 aliphatic rings. The van der Waals surface area contributed by atoms with Crippen LogP contribution < -0.4 is 15.5 Å². The second-order valence-corrected chi connectivity index (χ2v) is 7.01. The minimum absolute atomic E-state index is 0. The highest BCUT2D eigenvalue weighted by molar-refractivity contribution is 14.0. The predicted octanol–water partition coefficient (Wildman–Crippen LogP) is 0.577. The fourth-order valence-corrected chi connectivity index (χ4v) is 3.35. The fourth-order valence-electron chi connectivity index (χ4n) is 3.35. The van der Waals surface area contributed by atoms with Crippen LogP contribution in [0.2, 0.25) is 0 Å². The first-order valence-electron chi connectivity index (χ1n) is 10.2. The highest BCUT2D eigenvalue weighted by atomic mass is 127. The van der Waals surface area contributed by atoms with Crippen molar-refractivity contribution in [3.8, 4) is 0 Å². The van der Waals surface area contributed by atoms with Gasteiger partial charge in [-0.1, -0.05) is 0 Å². The molecule has 2 N–H and O–H groups in total. The average Bonchev–Trinajstić information content (AvgIpc) is 3.27. The molecule has 0 aliphatic carbocycles. The van der Waals surface area contributed by atoms with E-state index >= 15 is 0 Å². The number of hydrogen-bond acceptors (Lipinski definition) is 7. The predicted molar refractivity (Wildman–Crippen MR) is 125 cm³/mol. The lowest BCUT2D eigenvalue weighted by Gasteiger charge is -2.34. The molecule has 10 heteroatoms. The molecule has 29 heavy (non-hydrogen) atoms. The Kier molecular flexibility index (Phi) is 11.5. The van der Waals surface area contributed by atoms with E-state index in [-0.39, 0.29) is 30.1 Å². The molecule has 0 aromatic carbocycles. The van der Waals surface area contributed by atoms with Gasteiger partial charge in [-0.2, -0.15) is 0 Å². The van der Waals surface area contributed by atoms with Crippen LogP contribution in [0.5, 0.6) is 0 Å². The van der Waals surface area contributed by atoms with E-state index in [4.69, 9.17) is 9.47 Å². The minimum atomic E-state index is 0. The summed E-state index contributed by atoms with van der Waals surface area (Å²) in [6, 6.07) is 1.85. The Morgan fingerprint density at radius 2 is 1.97 bits per heavy atom. The van der Waals surface area contributed by atoms with Gasteiger partial charge in [-0.15, -0.1) is 24.0 Å². The van der Waals surface area contributed by atoms with Crippen LogP contribution in [0.25, 0.3) is 0 Å². The SMILES string of the molecule is CN=C(NCCCOC1CCOC1)NCCN1CCN(c2ncccn2)CC1.I. The third-order valence-corrected chi connectivity index (χ3v) is 5.01. The average molecular weight is 519 g/mol. The Labute approximate surface area is 190 Å². The van der Waals surface area contributed by atoms with Crippen molar-refractivity contribution in [2.75, 3.05) is 77.6 Å². The second kappa shape index (κ2) is 13.9. The van der Waals surface area contributed by atoms with Crippen LogP contribution in [0, 0.1) is 0 Å². The lowest BCUT2D eigenvalue weighted by molar-refractivity contribution is 0.0420. The smallest absolute Gasteiger partial charge is 0.225 e. The first kappa shape index (κ1) is 24.0. The zero-order valence-electron chi connectivity index (χ0n) is 17.3. The van der Waals surface area contributed by atoms with Gasteiger partial charge >= 0.3 is 0 Å². The number of anilines is 1. The van der Waals surface area contributed by atoms with Crippen molar-refractivity contribution >= 4 is 35.9 Å².